The summed E-state index contributed by atoms with van der Waals surface area (Å²) in [5, 5.41) is 0. The summed E-state index contributed by atoms with van der Waals surface area (Å²) in [6.45, 7) is 13.7. The molecule has 1 saturated heterocycles. The Balaban J connectivity index is 1.40. The second-order valence-electron chi connectivity index (χ2n) is 13.3. The molecule has 0 radical (unpaired) electrons. The van der Waals surface area contributed by atoms with Gasteiger partial charge in [0.25, 0.3) is 0 Å². The number of esters is 1. The highest BCUT2D eigenvalue weighted by Gasteiger charge is 2.74. The van der Waals surface area contributed by atoms with Crippen LogP contribution in [0.3, 0.4) is 0 Å². The first-order valence-electron chi connectivity index (χ1n) is 13.8. The van der Waals surface area contributed by atoms with E-state index in [0.717, 1.165) is 30.6 Å². The molecular formula is C29H46O4. The molecule has 0 N–H and O–H groups in total. The molecule has 186 valence electrons. The smallest absolute Gasteiger partial charge is 0.302 e. The summed E-state index contributed by atoms with van der Waals surface area (Å²) in [4.78, 5) is 24.6. The van der Waals surface area contributed by atoms with Crippen LogP contribution in [-0.4, -0.2) is 23.3 Å². The molecule has 3 saturated carbocycles. The summed E-state index contributed by atoms with van der Waals surface area (Å²) in [6.07, 6.45) is 16.5. The van der Waals surface area contributed by atoms with Gasteiger partial charge in [-0.3, -0.25) is 4.79 Å². The lowest BCUT2D eigenvalue weighted by Gasteiger charge is -2.69. The molecule has 0 aromatic heterocycles. The number of hydrogen-bond acceptors (Lipinski definition) is 4. The Labute approximate surface area is 201 Å². The SMILES string of the molecule is CC(=O)O[C@H]1CC[C@]2(C)[C@H]3CC[C@]4(C)[C@@H]([C@H](C)CCCC(C)C)CC[C@H]4[C@@]34C=C[C@]2(C1)OO4. The van der Waals surface area contributed by atoms with Crippen molar-refractivity contribution in [2.45, 2.75) is 123 Å². The Morgan fingerprint density at radius 2 is 1.79 bits per heavy atom. The third kappa shape index (κ3) is 3.40. The number of carbonyl (C=O) groups is 1. The molecular weight excluding hydrogens is 412 g/mol. The van der Waals surface area contributed by atoms with Crippen LogP contribution in [-0.2, 0) is 19.3 Å². The van der Waals surface area contributed by atoms with E-state index in [4.69, 9.17) is 14.5 Å². The largest absolute Gasteiger partial charge is 0.462 e. The van der Waals surface area contributed by atoms with E-state index in [0.29, 0.717) is 23.7 Å². The van der Waals surface area contributed by atoms with E-state index < -0.39 is 5.60 Å². The molecule has 2 aliphatic heterocycles. The maximum absolute atomic E-state index is 11.6. The van der Waals surface area contributed by atoms with Crippen molar-refractivity contribution in [2.75, 3.05) is 0 Å². The molecule has 4 heteroatoms. The highest BCUT2D eigenvalue weighted by atomic mass is 17.2. The van der Waals surface area contributed by atoms with Crippen molar-refractivity contribution < 1.29 is 19.3 Å². The number of hydrogen-bond donors (Lipinski definition) is 0. The molecule has 33 heavy (non-hydrogen) atoms. The summed E-state index contributed by atoms with van der Waals surface area (Å²) >= 11 is 0. The van der Waals surface area contributed by atoms with Crippen molar-refractivity contribution in [3.05, 3.63) is 12.2 Å². The highest BCUT2D eigenvalue weighted by Crippen LogP contribution is 2.73. The zero-order valence-electron chi connectivity index (χ0n) is 21.8. The Morgan fingerprint density at radius 1 is 1.00 bits per heavy atom. The van der Waals surface area contributed by atoms with Crippen LogP contribution in [0.5, 0.6) is 0 Å². The minimum atomic E-state index is -0.465. The topological polar surface area (TPSA) is 44.8 Å². The van der Waals surface area contributed by atoms with E-state index in [1.54, 1.807) is 0 Å². The minimum absolute atomic E-state index is 0.0406. The molecule has 6 rings (SSSR count). The predicted molar refractivity (Wildman–Crippen MR) is 129 cm³/mol. The molecule has 0 amide bonds. The van der Waals surface area contributed by atoms with Crippen molar-refractivity contribution >= 4 is 5.97 Å². The zero-order valence-corrected chi connectivity index (χ0v) is 21.8. The van der Waals surface area contributed by atoms with Crippen LogP contribution >= 0.6 is 0 Å². The van der Waals surface area contributed by atoms with Gasteiger partial charge in [-0.25, -0.2) is 9.78 Å². The third-order valence-corrected chi connectivity index (χ3v) is 11.1. The summed E-state index contributed by atoms with van der Waals surface area (Å²) in [6, 6.07) is 0. The van der Waals surface area contributed by atoms with Crippen LogP contribution in [0.2, 0.25) is 0 Å². The lowest BCUT2D eigenvalue weighted by Crippen LogP contribution is -2.73. The fraction of sp³-hybridized carbons (Fsp3) is 0.897. The van der Waals surface area contributed by atoms with Gasteiger partial charge in [-0.1, -0.05) is 60.0 Å². The minimum Gasteiger partial charge on any atom is -0.462 e. The van der Waals surface area contributed by atoms with Gasteiger partial charge in [-0.05, 0) is 67.8 Å². The Kier molecular flexibility index (Phi) is 5.84. The first kappa shape index (κ1) is 23.9. The van der Waals surface area contributed by atoms with E-state index in [-0.39, 0.29) is 23.1 Å². The van der Waals surface area contributed by atoms with Crippen molar-refractivity contribution in [2.24, 2.45) is 40.4 Å². The Hall–Kier alpha value is -0.870. The van der Waals surface area contributed by atoms with E-state index in [9.17, 15) is 4.79 Å². The molecule has 4 aliphatic carbocycles. The monoisotopic (exact) mass is 458 g/mol. The second-order valence-corrected chi connectivity index (χ2v) is 13.3. The molecule has 0 aromatic carbocycles. The van der Waals surface area contributed by atoms with Gasteiger partial charge in [0.2, 0.25) is 0 Å². The number of rotatable bonds is 6. The van der Waals surface area contributed by atoms with E-state index >= 15 is 0 Å². The third-order valence-electron chi connectivity index (χ3n) is 11.1. The molecule has 0 aromatic rings. The van der Waals surface area contributed by atoms with Gasteiger partial charge >= 0.3 is 5.97 Å². The Bertz CT molecular complexity index is 805. The van der Waals surface area contributed by atoms with Crippen LogP contribution in [0, 0.1) is 40.4 Å². The van der Waals surface area contributed by atoms with E-state index in [1.807, 2.05) is 0 Å². The normalized spacial score (nSPS) is 48.8. The quantitative estimate of drug-likeness (QED) is 0.244. The van der Waals surface area contributed by atoms with E-state index in [2.05, 4.69) is 46.8 Å². The number of fused-ring (bicyclic) bond motifs is 2. The molecule has 0 unspecified atom stereocenters. The van der Waals surface area contributed by atoms with Gasteiger partial charge in [0.15, 0.2) is 0 Å². The van der Waals surface area contributed by atoms with Gasteiger partial charge in [0.05, 0.1) is 0 Å². The lowest BCUT2D eigenvalue weighted by molar-refractivity contribution is -0.497. The van der Waals surface area contributed by atoms with Gasteiger partial charge in [-0.2, -0.15) is 0 Å². The second kappa shape index (κ2) is 8.08. The fourth-order valence-corrected chi connectivity index (χ4v) is 9.44. The van der Waals surface area contributed by atoms with Crippen molar-refractivity contribution in [1.82, 2.24) is 0 Å². The highest BCUT2D eigenvalue weighted by molar-refractivity contribution is 5.66. The Morgan fingerprint density at radius 3 is 2.45 bits per heavy atom. The summed E-state index contributed by atoms with van der Waals surface area (Å²) in [5.41, 5.74) is -0.388. The van der Waals surface area contributed by atoms with Crippen LogP contribution < -0.4 is 0 Å². The zero-order chi connectivity index (χ0) is 23.6. The van der Waals surface area contributed by atoms with Crippen LogP contribution in [0.1, 0.15) is 106 Å². The van der Waals surface area contributed by atoms with Crippen molar-refractivity contribution in [3.63, 3.8) is 0 Å². The average molecular weight is 459 g/mol. The van der Waals surface area contributed by atoms with Gasteiger partial charge in [0, 0.05) is 30.6 Å². The van der Waals surface area contributed by atoms with Crippen molar-refractivity contribution in [1.29, 1.82) is 0 Å². The number of carbonyl (C=O) groups excluding carboxylic acids is 1. The standard InChI is InChI=1S/C29H46O4/c1-19(2)8-7-9-20(3)23-10-11-24-26(23,5)14-13-25-27(6)15-12-22(31-21(4)30)18-28(27)16-17-29(24,25)33-32-28/h16-17,19-20,22-25H,7-15,18H2,1-6H3/t20-,22+,23-,24-,25-,26-,27-,28-,29+/m1/s1. The molecule has 2 heterocycles. The molecule has 4 fully saturated rings. The number of ether oxygens (including phenoxy) is 1. The first-order valence-corrected chi connectivity index (χ1v) is 13.8. The van der Waals surface area contributed by atoms with Crippen LogP contribution in [0.25, 0.3) is 0 Å². The van der Waals surface area contributed by atoms with Crippen LogP contribution in [0.4, 0.5) is 0 Å². The molecule has 9 atom stereocenters. The maximum atomic E-state index is 11.6. The van der Waals surface area contributed by atoms with Gasteiger partial charge in [0.1, 0.15) is 17.3 Å². The van der Waals surface area contributed by atoms with Gasteiger partial charge in [-0.15, -0.1) is 0 Å². The maximum Gasteiger partial charge on any atom is 0.302 e. The molecule has 4 nitrogen and oxygen atoms in total. The predicted octanol–water partition coefficient (Wildman–Crippen LogP) is 7.02. The van der Waals surface area contributed by atoms with Crippen LogP contribution in [0.15, 0.2) is 12.2 Å². The average Bonchev–Trinajstić information content (AvgIpc) is 3.11. The molecule has 2 spiro atoms. The first-order chi connectivity index (χ1) is 15.6. The van der Waals surface area contributed by atoms with Crippen molar-refractivity contribution in [3.8, 4) is 0 Å². The molecule has 2 bridgehead atoms. The summed E-state index contributed by atoms with van der Waals surface area (Å²) in [7, 11) is 0. The fourth-order valence-electron chi connectivity index (χ4n) is 9.44. The molecule has 6 aliphatic rings. The summed E-state index contributed by atoms with van der Waals surface area (Å²) in [5.74, 6) is 3.17. The van der Waals surface area contributed by atoms with Gasteiger partial charge < -0.3 is 4.74 Å². The lowest BCUT2D eigenvalue weighted by atomic mass is 9.42. The summed E-state index contributed by atoms with van der Waals surface area (Å²) < 4.78 is 5.63. The van der Waals surface area contributed by atoms with E-state index in [1.165, 1.54) is 51.9 Å².